The van der Waals surface area contributed by atoms with Crippen molar-refractivity contribution in [1.82, 2.24) is 0 Å². The van der Waals surface area contributed by atoms with Crippen LogP contribution >= 0.6 is 11.3 Å². The monoisotopic (exact) mass is 288 g/mol. The van der Waals surface area contributed by atoms with E-state index >= 15 is 0 Å². The van der Waals surface area contributed by atoms with Crippen LogP contribution < -0.4 is 9.47 Å². The standard InChI is InChI=1S/C16H16O3S/c1-16(2)9-19-13-5-4-10(6-12(13)16)15(17)14-7-11(18-3)8-20-14/h4-8H,9H2,1-3H3. The summed E-state index contributed by atoms with van der Waals surface area (Å²) < 4.78 is 10.8. The van der Waals surface area contributed by atoms with Crippen LogP contribution in [0.15, 0.2) is 29.6 Å². The lowest BCUT2D eigenvalue weighted by atomic mass is 9.86. The molecule has 1 aromatic heterocycles. The molecule has 0 N–H and O–H groups in total. The van der Waals surface area contributed by atoms with Crippen molar-refractivity contribution in [1.29, 1.82) is 0 Å². The molecule has 0 saturated heterocycles. The Labute approximate surface area is 122 Å². The summed E-state index contributed by atoms with van der Waals surface area (Å²) in [6.45, 7) is 4.91. The summed E-state index contributed by atoms with van der Waals surface area (Å²) in [7, 11) is 1.60. The Morgan fingerprint density at radius 2 is 2.15 bits per heavy atom. The van der Waals surface area contributed by atoms with Crippen molar-refractivity contribution in [3.63, 3.8) is 0 Å². The number of hydrogen-bond donors (Lipinski definition) is 0. The minimum absolute atomic E-state index is 0.0313. The molecule has 1 aromatic carbocycles. The number of ketones is 1. The van der Waals surface area contributed by atoms with Crippen molar-refractivity contribution in [2.24, 2.45) is 0 Å². The lowest BCUT2D eigenvalue weighted by molar-refractivity contribution is 0.104. The van der Waals surface area contributed by atoms with Gasteiger partial charge in [-0.05, 0) is 18.2 Å². The highest BCUT2D eigenvalue weighted by atomic mass is 32.1. The smallest absolute Gasteiger partial charge is 0.203 e. The first-order chi connectivity index (χ1) is 9.51. The fourth-order valence-electron chi connectivity index (χ4n) is 2.35. The van der Waals surface area contributed by atoms with Gasteiger partial charge in [-0.25, -0.2) is 0 Å². The van der Waals surface area contributed by atoms with Gasteiger partial charge in [0.25, 0.3) is 0 Å². The van der Waals surface area contributed by atoms with Gasteiger partial charge in [-0.2, -0.15) is 0 Å². The van der Waals surface area contributed by atoms with Gasteiger partial charge in [-0.1, -0.05) is 13.8 Å². The van der Waals surface area contributed by atoms with Crippen molar-refractivity contribution < 1.29 is 14.3 Å². The largest absolute Gasteiger partial charge is 0.496 e. The van der Waals surface area contributed by atoms with Gasteiger partial charge in [0.1, 0.15) is 11.5 Å². The van der Waals surface area contributed by atoms with E-state index in [4.69, 9.17) is 9.47 Å². The molecule has 3 nitrogen and oxygen atoms in total. The van der Waals surface area contributed by atoms with Crippen molar-refractivity contribution >= 4 is 17.1 Å². The number of methoxy groups -OCH3 is 1. The molecule has 2 heterocycles. The van der Waals surface area contributed by atoms with Gasteiger partial charge in [-0.3, -0.25) is 4.79 Å². The highest BCUT2D eigenvalue weighted by Gasteiger charge is 2.32. The average molecular weight is 288 g/mol. The lowest BCUT2D eigenvalue weighted by Crippen LogP contribution is -2.18. The van der Waals surface area contributed by atoms with E-state index in [0.717, 1.165) is 17.1 Å². The third kappa shape index (κ3) is 2.10. The van der Waals surface area contributed by atoms with Gasteiger partial charge in [-0.15, -0.1) is 11.3 Å². The first-order valence-electron chi connectivity index (χ1n) is 6.46. The number of hydrogen-bond acceptors (Lipinski definition) is 4. The maximum Gasteiger partial charge on any atom is 0.203 e. The topological polar surface area (TPSA) is 35.5 Å². The SMILES string of the molecule is COc1csc(C(=O)c2ccc3c(c2)C(C)(C)CO3)c1. The van der Waals surface area contributed by atoms with Crippen LogP contribution in [0.25, 0.3) is 0 Å². The number of thiophene rings is 1. The molecule has 104 valence electrons. The zero-order chi connectivity index (χ0) is 14.3. The summed E-state index contributed by atoms with van der Waals surface area (Å²) in [6, 6.07) is 7.45. The van der Waals surface area contributed by atoms with Gasteiger partial charge in [0.15, 0.2) is 0 Å². The van der Waals surface area contributed by atoms with Crippen LogP contribution in [0.4, 0.5) is 0 Å². The summed E-state index contributed by atoms with van der Waals surface area (Å²) in [6.07, 6.45) is 0. The molecule has 0 fully saturated rings. The Bertz CT molecular complexity index is 670. The van der Waals surface area contributed by atoms with E-state index < -0.39 is 0 Å². The molecule has 1 aliphatic heterocycles. The zero-order valence-corrected chi connectivity index (χ0v) is 12.5. The van der Waals surface area contributed by atoms with E-state index in [9.17, 15) is 4.79 Å². The fraction of sp³-hybridized carbons (Fsp3) is 0.312. The fourth-order valence-corrected chi connectivity index (χ4v) is 3.17. The molecule has 0 amide bonds. The minimum Gasteiger partial charge on any atom is -0.496 e. The van der Waals surface area contributed by atoms with Crippen LogP contribution in [0.5, 0.6) is 11.5 Å². The first kappa shape index (κ1) is 13.2. The van der Waals surface area contributed by atoms with Crippen LogP contribution in [0, 0.1) is 0 Å². The second kappa shape index (κ2) is 4.63. The number of carbonyl (C=O) groups is 1. The molecular formula is C16H16O3S. The first-order valence-corrected chi connectivity index (χ1v) is 7.34. The van der Waals surface area contributed by atoms with Gasteiger partial charge < -0.3 is 9.47 Å². The number of ether oxygens (including phenoxy) is 2. The molecule has 4 heteroatoms. The molecule has 3 rings (SSSR count). The average Bonchev–Trinajstić information content (AvgIpc) is 3.03. The van der Waals surface area contributed by atoms with Crippen LogP contribution in [0.3, 0.4) is 0 Å². The quantitative estimate of drug-likeness (QED) is 0.809. The third-order valence-corrected chi connectivity index (χ3v) is 4.50. The van der Waals surface area contributed by atoms with Crippen LogP contribution in [-0.4, -0.2) is 19.5 Å². The molecule has 20 heavy (non-hydrogen) atoms. The Hall–Kier alpha value is -1.81. The Balaban J connectivity index is 1.97. The maximum absolute atomic E-state index is 12.5. The molecule has 0 bridgehead atoms. The van der Waals surface area contributed by atoms with Crippen molar-refractivity contribution in [2.75, 3.05) is 13.7 Å². The maximum atomic E-state index is 12.5. The van der Waals surface area contributed by atoms with Gasteiger partial charge in [0.05, 0.1) is 18.6 Å². The van der Waals surface area contributed by atoms with E-state index in [1.807, 2.05) is 23.6 Å². The number of carbonyl (C=O) groups excluding carboxylic acids is 1. The predicted octanol–water partition coefficient (Wildman–Crippen LogP) is 3.66. The minimum atomic E-state index is -0.0429. The van der Waals surface area contributed by atoms with E-state index in [1.165, 1.54) is 11.3 Å². The van der Waals surface area contributed by atoms with Gasteiger partial charge >= 0.3 is 0 Å². The normalized spacial score (nSPS) is 15.6. The Kier molecular flexibility index (Phi) is 3.05. The van der Waals surface area contributed by atoms with Crippen LogP contribution in [0.2, 0.25) is 0 Å². The molecule has 0 unspecified atom stereocenters. The lowest BCUT2D eigenvalue weighted by Gasteiger charge is -2.15. The molecule has 0 atom stereocenters. The van der Waals surface area contributed by atoms with Crippen LogP contribution in [0.1, 0.15) is 34.6 Å². The van der Waals surface area contributed by atoms with Gasteiger partial charge in [0, 0.05) is 28.0 Å². The van der Waals surface area contributed by atoms with Crippen molar-refractivity contribution in [2.45, 2.75) is 19.3 Å². The van der Waals surface area contributed by atoms with Gasteiger partial charge in [0.2, 0.25) is 5.78 Å². The highest BCUT2D eigenvalue weighted by Crippen LogP contribution is 2.39. The Morgan fingerprint density at radius 3 is 2.85 bits per heavy atom. The summed E-state index contributed by atoms with van der Waals surface area (Å²) in [5, 5.41) is 1.84. The summed E-state index contributed by atoms with van der Waals surface area (Å²) in [4.78, 5) is 13.2. The second-order valence-electron chi connectivity index (χ2n) is 5.56. The summed E-state index contributed by atoms with van der Waals surface area (Å²) in [5.41, 5.74) is 1.76. The molecule has 0 saturated carbocycles. The Morgan fingerprint density at radius 1 is 1.35 bits per heavy atom. The molecular weight excluding hydrogens is 272 g/mol. The highest BCUT2D eigenvalue weighted by molar-refractivity contribution is 7.12. The van der Waals surface area contributed by atoms with Crippen molar-refractivity contribution in [3.8, 4) is 11.5 Å². The summed E-state index contributed by atoms with van der Waals surface area (Å²) >= 11 is 1.40. The number of rotatable bonds is 3. The van der Waals surface area contributed by atoms with Crippen LogP contribution in [-0.2, 0) is 5.41 Å². The summed E-state index contributed by atoms with van der Waals surface area (Å²) in [5.74, 6) is 1.64. The number of fused-ring (bicyclic) bond motifs is 1. The third-order valence-electron chi connectivity index (χ3n) is 3.59. The molecule has 1 aliphatic rings. The molecule has 0 spiro atoms. The van der Waals surface area contributed by atoms with Crippen molar-refractivity contribution in [3.05, 3.63) is 45.6 Å². The van der Waals surface area contributed by atoms with E-state index in [-0.39, 0.29) is 11.2 Å². The molecule has 0 aliphatic carbocycles. The molecule has 0 radical (unpaired) electrons. The second-order valence-corrected chi connectivity index (χ2v) is 6.47. The van der Waals surface area contributed by atoms with E-state index in [2.05, 4.69) is 13.8 Å². The predicted molar refractivity (Wildman–Crippen MR) is 79.3 cm³/mol. The number of benzene rings is 1. The van der Waals surface area contributed by atoms with E-state index in [1.54, 1.807) is 13.2 Å². The zero-order valence-electron chi connectivity index (χ0n) is 11.7. The van der Waals surface area contributed by atoms with E-state index in [0.29, 0.717) is 17.0 Å². The molecule has 2 aromatic rings.